The Morgan fingerprint density at radius 1 is 1.17 bits per heavy atom. The summed E-state index contributed by atoms with van der Waals surface area (Å²) in [5, 5.41) is 13.4. The number of anilines is 1. The molecule has 0 spiro atoms. The lowest BCUT2D eigenvalue weighted by molar-refractivity contribution is 0.332. The average molecular weight is 388 g/mol. The molecule has 0 saturated carbocycles. The van der Waals surface area contributed by atoms with Crippen molar-refractivity contribution in [2.24, 2.45) is 11.8 Å². The van der Waals surface area contributed by atoms with Gasteiger partial charge in [-0.1, -0.05) is 6.92 Å². The van der Waals surface area contributed by atoms with Gasteiger partial charge in [-0.2, -0.15) is 10.2 Å². The highest BCUT2D eigenvalue weighted by atomic mass is 16.1. The second-order valence-electron chi connectivity index (χ2n) is 8.27. The summed E-state index contributed by atoms with van der Waals surface area (Å²) in [7, 11) is 0. The van der Waals surface area contributed by atoms with E-state index in [1.807, 2.05) is 12.1 Å². The number of hydrogen-bond donors (Lipinski definition) is 0. The second kappa shape index (κ2) is 7.39. The first-order valence-corrected chi connectivity index (χ1v) is 10.2. The zero-order valence-corrected chi connectivity index (χ0v) is 16.5. The molecule has 4 heterocycles. The zero-order valence-electron chi connectivity index (χ0n) is 16.5. The van der Waals surface area contributed by atoms with Crippen LogP contribution in [0.2, 0.25) is 0 Å². The van der Waals surface area contributed by atoms with E-state index in [2.05, 4.69) is 38.2 Å². The van der Waals surface area contributed by atoms with Crippen LogP contribution in [0.4, 0.5) is 5.82 Å². The summed E-state index contributed by atoms with van der Waals surface area (Å²) in [4.78, 5) is 18.6. The number of hydrogen-bond acceptors (Lipinski definition) is 6. The van der Waals surface area contributed by atoms with Crippen LogP contribution in [0.15, 0.2) is 47.5 Å². The first kappa shape index (κ1) is 18.0. The third kappa shape index (κ3) is 3.64. The van der Waals surface area contributed by atoms with Crippen molar-refractivity contribution in [2.45, 2.75) is 32.7 Å². The molecule has 3 aromatic heterocycles. The third-order valence-electron chi connectivity index (χ3n) is 5.93. The quantitative estimate of drug-likeness (QED) is 0.683. The van der Waals surface area contributed by atoms with Crippen LogP contribution in [0, 0.1) is 11.8 Å². The number of pyridine rings is 1. The van der Waals surface area contributed by atoms with Gasteiger partial charge in [0.25, 0.3) is 5.56 Å². The normalized spacial score (nSPS) is 18.9. The Labute approximate surface area is 169 Å². The van der Waals surface area contributed by atoms with Gasteiger partial charge in [0.2, 0.25) is 0 Å². The summed E-state index contributed by atoms with van der Waals surface area (Å²) in [5.41, 5.74) is 4.11. The van der Waals surface area contributed by atoms with Gasteiger partial charge >= 0.3 is 0 Å². The monoisotopic (exact) mass is 388 g/mol. The van der Waals surface area contributed by atoms with E-state index in [4.69, 9.17) is 0 Å². The molecule has 0 bridgehead atoms. The van der Waals surface area contributed by atoms with Crippen molar-refractivity contribution in [1.29, 1.82) is 0 Å². The van der Waals surface area contributed by atoms with E-state index in [9.17, 15) is 4.79 Å². The summed E-state index contributed by atoms with van der Waals surface area (Å²) < 4.78 is 1.57. The molecule has 1 atom stereocenters. The fourth-order valence-electron chi connectivity index (χ4n) is 4.21. The maximum absolute atomic E-state index is 12.3. The van der Waals surface area contributed by atoms with E-state index >= 15 is 0 Å². The molecule has 148 valence electrons. The number of aromatic nitrogens is 5. The molecule has 7 heteroatoms. The highest BCUT2D eigenvalue weighted by molar-refractivity contribution is 5.56. The van der Waals surface area contributed by atoms with Crippen LogP contribution in [0.1, 0.15) is 24.6 Å². The lowest BCUT2D eigenvalue weighted by Gasteiger charge is -2.40. The highest BCUT2D eigenvalue weighted by Crippen LogP contribution is 2.29. The molecule has 1 aliphatic carbocycles. The van der Waals surface area contributed by atoms with Gasteiger partial charge in [0, 0.05) is 43.0 Å². The Balaban J connectivity index is 1.27. The maximum atomic E-state index is 12.3. The predicted molar refractivity (Wildman–Crippen MR) is 111 cm³/mol. The van der Waals surface area contributed by atoms with Crippen molar-refractivity contribution in [3.05, 3.63) is 64.3 Å². The first-order valence-electron chi connectivity index (χ1n) is 10.2. The topological polar surface area (TPSA) is 76.8 Å². The van der Waals surface area contributed by atoms with Gasteiger partial charge in [-0.15, -0.1) is 5.10 Å². The molecule has 0 aromatic carbocycles. The van der Waals surface area contributed by atoms with Gasteiger partial charge in [-0.05, 0) is 55.0 Å². The lowest BCUT2D eigenvalue weighted by atomic mass is 9.88. The van der Waals surface area contributed by atoms with Gasteiger partial charge in [0.15, 0.2) is 5.82 Å². The molecular weight excluding hydrogens is 364 g/mol. The molecule has 1 unspecified atom stereocenters. The van der Waals surface area contributed by atoms with Gasteiger partial charge in [-0.3, -0.25) is 9.78 Å². The number of aryl methyl sites for hydroxylation is 1. The van der Waals surface area contributed by atoms with Crippen LogP contribution >= 0.6 is 0 Å². The van der Waals surface area contributed by atoms with E-state index in [1.54, 1.807) is 29.2 Å². The maximum Gasteiger partial charge on any atom is 0.266 e. The van der Waals surface area contributed by atoms with Crippen molar-refractivity contribution >= 4 is 5.82 Å². The molecular formula is C22H24N6O. The third-order valence-corrected chi connectivity index (χ3v) is 5.93. The Morgan fingerprint density at radius 3 is 2.90 bits per heavy atom. The standard InChI is InChI=1S/C22H24N6O/c1-15-4-5-19-18(9-15)10-21(25-24-19)27-12-16(13-27)14-28-22(29)7-6-20(26-28)17-3-2-8-23-11-17/h2-3,6-8,10-11,15-16H,4-5,9,12-14H2,1H3. The van der Waals surface area contributed by atoms with Crippen LogP contribution in [-0.2, 0) is 19.4 Å². The van der Waals surface area contributed by atoms with Crippen molar-refractivity contribution in [2.75, 3.05) is 18.0 Å². The number of rotatable bonds is 4. The molecule has 29 heavy (non-hydrogen) atoms. The molecule has 0 radical (unpaired) electrons. The molecule has 1 fully saturated rings. The molecule has 3 aromatic rings. The Bertz CT molecular complexity index is 1070. The minimum absolute atomic E-state index is 0.0707. The minimum atomic E-state index is -0.0707. The van der Waals surface area contributed by atoms with Crippen LogP contribution < -0.4 is 10.5 Å². The summed E-state index contributed by atoms with van der Waals surface area (Å²) in [5.74, 6) is 2.05. The fraction of sp³-hybridized carbons (Fsp3) is 0.409. The highest BCUT2D eigenvalue weighted by Gasteiger charge is 2.30. The van der Waals surface area contributed by atoms with Crippen LogP contribution in [0.3, 0.4) is 0 Å². The van der Waals surface area contributed by atoms with Gasteiger partial charge < -0.3 is 4.90 Å². The largest absolute Gasteiger partial charge is 0.354 e. The van der Waals surface area contributed by atoms with Gasteiger partial charge in [-0.25, -0.2) is 4.68 Å². The molecule has 5 rings (SSSR count). The van der Waals surface area contributed by atoms with E-state index in [0.29, 0.717) is 18.4 Å². The van der Waals surface area contributed by atoms with E-state index < -0.39 is 0 Å². The van der Waals surface area contributed by atoms with E-state index in [-0.39, 0.29) is 5.56 Å². The van der Waals surface area contributed by atoms with Crippen LogP contribution in [0.25, 0.3) is 11.3 Å². The smallest absolute Gasteiger partial charge is 0.266 e. The molecule has 1 saturated heterocycles. The average Bonchev–Trinajstić information content (AvgIpc) is 2.71. The zero-order chi connectivity index (χ0) is 19.8. The SMILES string of the molecule is CC1CCc2nnc(N3CC(Cn4nc(-c5cccnc5)ccc4=O)C3)cc2C1. The second-order valence-corrected chi connectivity index (χ2v) is 8.27. The molecule has 1 aliphatic heterocycles. The van der Waals surface area contributed by atoms with Crippen molar-refractivity contribution in [1.82, 2.24) is 25.0 Å². The van der Waals surface area contributed by atoms with Crippen molar-refractivity contribution < 1.29 is 0 Å². The van der Waals surface area contributed by atoms with E-state index in [1.165, 1.54) is 12.0 Å². The lowest BCUT2D eigenvalue weighted by Crippen LogP contribution is -2.50. The summed E-state index contributed by atoms with van der Waals surface area (Å²) in [6.07, 6.45) is 6.82. The van der Waals surface area contributed by atoms with E-state index in [0.717, 1.165) is 48.7 Å². The molecule has 0 N–H and O–H groups in total. The number of fused-ring (bicyclic) bond motifs is 1. The van der Waals surface area contributed by atoms with Crippen molar-refractivity contribution in [3.63, 3.8) is 0 Å². The first-order chi connectivity index (χ1) is 14.2. The van der Waals surface area contributed by atoms with Crippen molar-refractivity contribution in [3.8, 4) is 11.3 Å². The summed E-state index contributed by atoms with van der Waals surface area (Å²) >= 11 is 0. The molecule has 2 aliphatic rings. The Morgan fingerprint density at radius 2 is 2.07 bits per heavy atom. The predicted octanol–water partition coefficient (Wildman–Crippen LogP) is 2.36. The number of nitrogens with zero attached hydrogens (tertiary/aromatic N) is 6. The fourth-order valence-corrected chi connectivity index (χ4v) is 4.21. The van der Waals surface area contributed by atoms with Gasteiger partial charge in [0.1, 0.15) is 0 Å². The summed E-state index contributed by atoms with van der Waals surface area (Å²) in [6, 6.07) is 9.37. The van der Waals surface area contributed by atoms with Crippen LogP contribution in [0.5, 0.6) is 0 Å². The Kier molecular flexibility index (Phi) is 4.58. The minimum Gasteiger partial charge on any atom is -0.354 e. The Hall–Kier alpha value is -3.09. The molecule has 7 nitrogen and oxygen atoms in total. The molecule has 0 amide bonds. The van der Waals surface area contributed by atoms with Gasteiger partial charge in [0.05, 0.1) is 17.9 Å². The summed E-state index contributed by atoms with van der Waals surface area (Å²) in [6.45, 7) is 4.65. The van der Waals surface area contributed by atoms with Crippen LogP contribution in [-0.4, -0.2) is 38.1 Å².